The van der Waals surface area contributed by atoms with Gasteiger partial charge in [0.2, 0.25) is 18.1 Å². The van der Waals surface area contributed by atoms with Crippen molar-refractivity contribution < 1.29 is 19.2 Å². The Morgan fingerprint density at radius 2 is 1.91 bits per heavy atom. The van der Waals surface area contributed by atoms with Gasteiger partial charge in [-0.25, -0.2) is 15.0 Å². The molecule has 0 aromatic carbocycles. The highest BCUT2D eigenvalue weighted by Gasteiger charge is 2.28. The molecule has 0 bridgehead atoms. The minimum atomic E-state index is -0.620. The van der Waals surface area contributed by atoms with E-state index in [2.05, 4.69) is 39.6 Å². The molecule has 2 fully saturated rings. The predicted molar refractivity (Wildman–Crippen MR) is 127 cm³/mol. The van der Waals surface area contributed by atoms with Crippen LogP contribution in [0.3, 0.4) is 0 Å². The first-order chi connectivity index (χ1) is 16.3. The minimum Gasteiger partial charge on any atom is -0.351 e. The Labute approximate surface area is 200 Å². The van der Waals surface area contributed by atoms with E-state index in [1.54, 1.807) is 0 Å². The Kier molecular flexibility index (Phi) is 9.40. The van der Waals surface area contributed by atoms with E-state index in [4.69, 9.17) is 0 Å². The highest BCUT2D eigenvalue weighted by atomic mass is 19.1. The number of nitrogens with zero attached hydrogens (tertiary/aromatic N) is 5. The van der Waals surface area contributed by atoms with Gasteiger partial charge in [-0.1, -0.05) is 32.6 Å². The molecule has 10 nitrogen and oxygen atoms in total. The molecule has 0 unspecified atom stereocenters. The monoisotopic (exact) mass is 479 g/mol. The molecule has 1 aliphatic carbocycles. The summed E-state index contributed by atoms with van der Waals surface area (Å²) in [7, 11) is 0. The van der Waals surface area contributed by atoms with Crippen molar-refractivity contribution in [3.63, 3.8) is 0 Å². The number of aromatic nitrogens is 2. The number of hydrogen-bond acceptors (Lipinski definition) is 8. The topological polar surface area (TPSA) is 114 Å². The smallest absolute Gasteiger partial charge is 0.243 e. The average molecular weight is 480 g/mol. The average Bonchev–Trinajstić information content (AvgIpc) is 3.36. The number of piperazine rings is 1. The molecule has 0 radical (unpaired) electrons. The molecule has 2 heterocycles. The van der Waals surface area contributed by atoms with Gasteiger partial charge in [-0.05, 0) is 26.2 Å². The number of halogens is 1. The second kappa shape index (κ2) is 12.3. The fourth-order valence-electron chi connectivity index (χ4n) is 4.79. The Balaban J connectivity index is 1.70. The number of aryl methyl sites for hydroxylation is 1. The lowest BCUT2D eigenvalue weighted by molar-refractivity contribution is -0.154. The molecule has 1 saturated heterocycles. The molecule has 11 heteroatoms. The van der Waals surface area contributed by atoms with Crippen LogP contribution in [0, 0.1) is 17.7 Å². The molecule has 2 amide bonds. The van der Waals surface area contributed by atoms with Gasteiger partial charge in [0.25, 0.3) is 0 Å². The Bertz CT molecular complexity index is 827. The summed E-state index contributed by atoms with van der Waals surface area (Å²) in [5.41, 5.74) is 5.19. The van der Waals surface area contributed by atoms with E-state index in [1.807, 2.05) is 11.8 Å². The van der Waals surface area contributed by atoms with Crippen LogP contribution < -0.4 is 15.8 Å². The normalized spacial score (nSPS) is 18.2. The molecule has 3 N–H and O–H groups in total. The number of carbonyl (C=O) groups is 2. The van der Waals surface area contributed by atoms with Crippen LogP contribution >= 0.6 is 0 Å². The lowest BCUT2D eigenvalue weighted by atomic mass is 9.92. The van der Waals surface area contributed by atoms with Gasteiger partial charge >= 0.3 is 0 Å². The van der Waals surface area contributed by atoms with Crippen LogP contribution in [0.25, 0.3) is 0 Å². The maximum atomic E-state index is 15.4. The number of amides is 2. The van der Waals surface area contributed by atoms with Gasteiger partial charge < -0.3 is 4.90 Å². The summed E-state index contributed by atoms with van der Waals surface area (Å²) in [6, 6.07) is 0.433. The highest BCUT2D eigenvalue weighted by Crippen LogP contribution is 2.31. The molecular formula is C23H38FN7O3. The maximum Gasteiger partial charge on any atom is 0.243 e. The zero-order valence-corrected chi connectivity index (χ0v) is 20.5. The van der Waals surface area contributed by atoms with Crippen molar-refractivity contribution >= 4 is 24.0 Å². The molecule has 3 rings (SSSR count). The number of anilines is 2. The van der Waals surface area contributed by atoms with Crippen molar-refractivity contribution in [2.45, 2.75) is 65.3 Å². The summed E-state index contributed by atoms with van der Waals surface area (Å²) in [6.45, 7) is 9.01. The Morgan fingerprint density at radius 1 is 1.24 bits per heavy atom. The van der Waals surface area contributed by atoms with Crippen molar-refractivity contribution in [2.24, 2.45) is 11.8 Å². The molecule has 0 spiro atoms. The third kappa shape index (κ3) is 6.75. The zero-order valence-electron chi connectivity index (χ0n) is 20.5. The van der Waals surface area contributed by atoms with Gasteiger partial charge in [-0.15, -0.1) is 0 Å². The third-order valence-electron chi connectivity index (χ3n) is 6.84. The number of carbonyl (C=O) groups excluding carboxylic acids is 2. The van der Waals surface area contributed by atoms with Crippen molar-refractivity contribution in [3.05, 3.63) is 11.6 Å². The van der Waals surface area contributed by atoms with E-state index < -0.39 is 17.6 Å². The summed E-state index contributed by atoms with van der Waals surface area (Å²) in [4.78, 5) is 36.7. The van der Waals surface area contributed by atoms with E-state index in [9.17, 15) is 14.8 Å². The van der Waals surface area contributed by atoms with Crippen molar-refractivity contribution in [1.29, 1.82) is 0 Å². The van der Waals surface area contributed by atoms with Gasteiger partial charge in [0, 0.05) is 38.6 Å². The fraction of sp³-hybridized carbons (Fsp3) is 0.739. The Morgan fingerprint density at radius 3 is 2.50 bits per heavy atom. The minimum absolute atomic E-state index is 0.0858. The van der Waals surface area contributed by atoms with Crippen LogP contribution in [0.5, 0.6) is 0 Å². The van der Waals surface area contributed by atoms with Crippen LogP contribution in [-0.4, -0.2) is 76.2 Å². The first-order valence-electron chi connectivity index (χ1n) is 12.3. The van der Waals surface area contributed by atoms with Crippen LogP contribution in [0.2, 0.25) is 0 Å². The van der Waals surface area contributed by atoms with Crippen LogP contribution in [-0.2, 0) is 16.0 Å². The summed E-state index contributed by atoms with van der Waals surface area (Å²) in [5, 5.41) is 10.1. The molecule has 34 heavy (non-hydrogen) atoms. The number of hydrazine groups is 1. The second-order valence-electron chi connectivity index (χ2n) is 9.52. The highest BCUT2D eigenvalue weighted by molar-refractivity contribution is 5.80. The standard InChI is InChI=1S/C23H38FN7O3/c1-4-19-25-21(20(24)22(26-19)30-11-9-29(10-12-30)16(2)3)27-28-23(33)18(14-31(34)15-32)13-17-7-5-6-8-17/h15-18,34H,4-14H2,1-3H3,(H,28,33)(H,25,26,27)/t18-/m1/s1. The van der Waals surface area contributed by atoms with Gasteiger partial charge in [-0.2, -0.15) is 4.39 Å². The lowest BCUT2D eigenvalue weighted by Gasteiger charge is -2.37. The second-order valence-corrected chi connectivity index (χ2v) is 9.52. The number of nitrogens with one attached hydrogen (secondary N) is 2. The summed E-state index contributed by atoms with van der Waals surface area (Å²) >= 11 is 0. The molecule has 190 valence electrons. The SMILES string of the molecule is CCc1nc(NNC(=O)[C@H](CC2CCCC2)CN(O)C=O)c(F)c(N2CCN(C(C)C)CC2)n1. The van der Waals surface area contributed by atoms with Crippen LogP contribution in [0.4, 0.5) is 16.0 Å². The Hall–Kier alpha value is -2.53. The molecule has 1 aliphatic heterocycles. The molecule has 1 aromatic rings. The van der Waals surface area contributed by atoms with E-state index in [1.165, 1.54) is 0 Å². The third-order valence-corrected chi connectivity index (χ3v) is 6.84. The van der Waals surface area contributed by atoms with Gasteiger partial charge in [0.05, 0.1) is 12.5 Å². The first-order valence-corrected chi connectivity index (χ1v) is 12.3. The molecule has 2 aliphatic rings. The van der Waals surface area contributed by atoms with Gasteiger partial charge in [-0.3, -0.25) is 30.5 Å². The predicted octanol–water partition coefficient (Wildman–Crippen LogP) is 2.20. The van der Waals surface area contributed by atoms with E-state index in [-0.39, 0.29) is 24.6 Å². The molecule has 1 aromatic heterocycles. The summed E-state index contributed by atoms with van der Waals surface area (Å²) < 4.78 is 15.4. The van der Waals surface area contributed by atoms with E-state index in [0.717, 1.165) is 38.8 Å². The largest absolute Gasteiger partial charge is 0.351 e. The fourth-order valence-corrected chi connectivity index (χ4v) is 4.79. The van der Waals surface area contributed by atoms with Gasteiger partial charge in [0.1, 0.15) is 5.82 Å². The molecule has 1 atom stereocenters. The number of hydroxylamine groups is 2. The molecule has 1 saturated carbocycles. The first kappa shape index (κ1) is 26.1. The van der Waals surface area contributed by atoms with Gasteiger partial charge in [0.15, 0.2) is 11.6 Å². The van der Waals surface area contributed by atoms with Crippen molar-refractivity contribution in [2.75, 3.05) is 43.0 Å². The summed E-state index contributed by atoms with van der Waals surface area (Å²) in [6.07, 6.45) is 5.64. The zero-order chi connectivity index (χ0) is 24.7. The molecular weight excluding hydrogens is 441 g/mol. The van der Waals surface area contributed by atoms with E-state index in [0.29, 0.717) is 48.8 Å². The van der Waals surface area contributed by atoms with Crippen LogP contribution in [0.1, 0.15) is 58.7 Å². The van der Waals surface area contributed by atoms with E-state index >= 15 is 4.39 Å². The lowest BCUT2D eigenvalue weighted by Crippen LogP contribution is -2.49. The summed E-state index contributed by atoms with van der Waals surface area (Å²) in [5.74, 6) is -0.659. The maximum absolute atomic E-state index is 15.4. The quantitative estimate of drug-likeness (QED) is 0.251. The number of rotatable bonds is 11. The number of hydrogen-bond donors (Lipinski definition) is 3. The van der Waals surface area contributed by atoms with Crippen molar-refractivity contribution in [1.82, 2.24) is 25.4 Å². The van der Waals surface area contributed by atoms with Crippen LogP contribution in [0.15, 0.2) is 0 Å². The van der Waals surface area contributed by atoms with Crippen molar-refractivity contribution in [3.8, 4) is 0 Å².